The third-order valence-corrected chi connectivity index (χ3v) is 6.68. The molecule has 2 N–H and O–H groups in total. The maximum absolute atomic E-state index is 12.9. The Kier molecular flexibility index (Phi) is 6.08. The number of pyridine rings is 1. The molecule has 7 nitrogen and oxygen atoms in total. The summed E-state index contributed by atoms with van der Waals surface area (Å²) >= 11 is 0. The van der Waals surface area contributed by atoms with Gasteiger partial charge in [0.25, 0.3) is 11.8 Å². The Morgan fingerprint density at radius 1 is 1.00 bits per heavy atom. The molecule has 1 fully saturated rings. The molecule has 5 rings (SSSR count). The SMILES string of the molecule is O=C(NCc1cccnc1)c1ccc2c(c1)[C@H](C1CCN(C(=O)c3ccccc3)CC1)C(=O)N2. The van der Waals surface area contributed by atoms with Crippen LogP contribution in [0.3, 0.4) is 0 Å². The number of hydrogen-bond acceptors (Lipinski definition) is 4. The molecule has 172 valence electrons. The fourth-order valence-corrected chi connectivity index (χ4v) is 4.88. The van der Waals surface area contributed by atoms with Crippen LogP contribution in [-0.4, -0.2) is 40.7 Å². The number of benzene rings is 2. The second-order valence-corrected chi connectivity index (χ2v) is 8.81. The first kappa shape index (κ1) is 21.8. The number of carbonyl (C=O) groups is 3. The summed E-state index contributed by atoms with van der Waals surface area (Å²) in [5.41, 5.74) is 3.77. The van der Waals surface area contributed by atoms with E-state index in [-0.39, 0.29) is 29.6 Å². The molecule has 0 aliphatic carbocycles. The van der Waals surface area contributed by atoms with Gasteiger partial charge in [-0.3, -0.25) is 19.4 Å². The molecule has 3 amide bonds. The van der Waals surface area contributed by atoms with Gasteiger partial charge in [0.05, 0.1) is 5.92 Å². The maximum Gasteiger partial charge on any atom is 0.253 e. The number of rotatable bonds is 5. The Morgan fingerprint density at radius 3 is 2.53 bits per heavy atom. The first-order valence-electron chi connectivity index (χ1n) is 11.6. The van der Waals surface area contributed by atoms with E-state index in [0.29, 0.717) is 30.8 Å². The number of nitrogens with one attached hydrogen (secondary N) is 2. The van der Waals surface area contributed by atoms with Crippen LogP contribution in [0.25, 0.3) is 0 Å². The van der Waals surface area contributed by atoms with Crippen molar-refractivity contribution in [3.05, 3.63) is 95.3 Å². The van der Waals surface area contributed by atoms with Gasteiger partial charge in [-0.05, 0) is 66.3 Å². The van der Waals surface area contributed by atoms with Crippen molar-refractivity contribution in [3.63, 3.8) is 0 Å². The molecule has 1 atom stereocenters. The maximum atomic E-state index is 12.9. The van der Waals surface area contributed by atoms with Gasteiger partial charge in [0, 0.05) is 48.8 Å². The lowest BCUT2D eigenvalue weighted by Gasteiger charge is -2.34. The van der Waals surface area contributed by atoms with Gasteiger partial charge in [-0.15, -0.1) is 0 Å². The van der Waals surface area contributed by atoms with Crippen LogP contribution in [-0.2, 0) is 11.3 Å². The minimum absolute atomic E-state index is 0.0305. The molecule has 2 aromatic carbocycles. The largest absolute Gasteiger partial charge is 0.348 e. The highest BCUT2D eigenvalue weighted by Gasteiger charge is 2.39. The van der Waals surface area contributed by atoms with Crippen molar-refractivity contribution in [2.75, 3.05) is 18.4 Å². The molecule has 0 spiro atoms. The number of nitrogens with zero attached hydrogens (tertiary/aromatic N) is 2. The van der Waals surface area contributed by atoms with Crippen molar-refractivity contribution in [1.29, 1.82) is 0 Å². The third-order valence-electron chi connectivity index (χ3n) is 6.68. The molecule has 2 aliphatic heterocycles. The van der Waals surface area contributed by atoms with E-state index in [4.69, 9.17) is 0 Å². The Morgan fingerprint density at radius 2 is 1.79 bits per heavy atom. The minimum atomic E-state index is -0.310. The van der Waals surface area contributed by atoms with Crippen LogP contribution in [0.5, 0.6) is 0 Å². The quantitative estimate of drug-likeness (QED) is 0.616. The summed E-state index contributed by atoms with van der Waals surface area (Å²) in [5.74, 6) is -0.378. The van der Waals surface area contributed by atoms with Crippen LogP contribution >= 0.6 is 0 Å². The third kappa shape index (κ3) is 4.41. The molecular formula is C27H26N4O3. The predicted octanol–water partition coefficient (Wildman–Crippen LogP) is 3.60. The fourth-order valence-electron chi connectivity index (χ4n) is 4.88. The highest BCUT2D eigenvalue weighted by Crippen LogP contribution is 2.42. The van der Waals surface area contributed by atoms with Crippen molar-refractivity contribution in [1.82, 2.24) is 15.2 Å². The van der Waals surface area contributed by atoms with Crippen LogP contribution in [0.1, 0.15) is 50.6 Å². The minimum Gasteiger partial charge on any atom is -0.348 e. The summed E-state index contributed by atoms with van der Waals surface area (Å²) in [6.45, 7) is 1.61. The van der Waals surface area contributed by atoms with Gasteiger partial charge in [0.2, 0.25) is 5.91 Å². The molecule has 3 aromatic rings. The number of likely N-dealkylation sites (tertiary alicyclic amines) is 1. The standard InChI is InChI=1S/C27H26N4O3/c32-25(29-17-18-5-4-12-28-16-18)21-8-9-23-22(15-21)24(26(33)30-23)19-10-13-31(14-11-19)27(34)20-6-2-1-3-7-20/h1-9,12,15-16,19,24H,10-11,13-14,17H2,(H,29,32)(H,30,33)/t24-/m0/s1. The number of anilines is 1. The second-order valence-electron chi connectivity index (χ2n) is 8.81. The highest BCUT2D eigenvalue weighted by atomic mass is 16.2. The summed E-state index contributed by atoms with van der Waals surface area (Å²) < 4.78 is 0. The Bertz CT molecular complexity index is 1210. The van der Waals surface area contributed by atoms with Gasteiger partial charge in [-0.2, -0.15) is 0 Å². The van der Waals surface area contributed by atoms with E-state index < -0.39 is 0 Å². The van der Waals surface area contributed by atoms with Crippen LogP contribution in [0.2, 0.25) is 0 Å². The topological polar surface area (TPSA) is 91.4 Å². The molecular weight excluding hydrogens is 428 g/mol. The molecule has 1 saturated heterocycles. The number of amides is 3. The molecule has 34 heavy (non-hydrogen) atoms. The van der Waals surface area contributed by atoms with E-state index in [9.17, 15) is 14.4 Å². The molecule has 2 aliphatic rings. The average molecular weight is 455 g/mol. The van der Waals surface area contributed by atoms with Crippen molar-refractivity contribution >= 4 is 23.4 Å². The number of piperidine rings is 1. The van der Waals surface area contributed by atoms with E-state index >= 15 is 0 Å². The molecule has 0 bridgehead atoms. The number of carbonyl (C=O) groups excluding carboxylic acids is 3. The van der Waals surface area contributed by atoms with Crippen molar-refractivity contribution < 1.29 is 14.4 Å². The Balaban J connectivity index is 1.26. The van der Waals surface area contributed by atoms with Gasteiger partial charge >= 0.3 is 0 Å². The Labute approximate surface area is 198 Å². The van der Waals surface area contributed by atoms with E-state index in [1.54, 1.807) is 24.5 Å². The van der Waals surface area contributed by atoms with Gasteiger partial charge in [-0.1, -0.05) is 24.3 Å². The van der Waals surface area contributed by atoms with Gasteiger partial charge in [-0.25, -0.2) is 0 Å². The van der Waals surface area contributed by atoms with Crippen molar-refractivity contribution in [3.8, 4) is 0 Å². The predicted molar refractivity (Wildman–Crippen MR) is 128 cm³/mol. The lowest BCUT2D eigenvalue weighted by atomic mass is 9.80. The lowest BCUT2D eigenvalue weighted by Crippen LogP contribution is -2.40. The van der Waals surface area contributed by atoms with Gasteiger partial charge in [0.15, 0.2) is 0 Å². The van der Waals surface area contributed by atoms with E-state index in [2.05, 4.69) is 15.6 Å². The molecule has 1 aromatic heterocycles. The number of hydrogen-bond donors (Lipinski definition) is 2. The lowest BCUT2D eigenvalue weighted by molar-refractivity contribution is -0.118. The second kappa shape index (κ2) is 9.47. The molecule has 3 heterocycles. The van der Waals surface area contributed by atoms with Gasteiger partial charge in [0.1, 0.15) is 0 Å². The van der Waals surface area contributed by atoms with E-state index in [1.807, 2.05) is 53.4 Å². The van der Waals surface area contributed by atoms with Crippen molar-refractivity contribution in [2.24, 2.45) is 5.92 Å². The first-order valence-corrected chi connectivity index (χ1v) is 11.6. The summed E-state index contributed by atoms with van der Waals surface area (Å²) in [4.78, 5) is 44.3. The molecule has 0 radical (unpaired) electrons. The van der Waals surface area contributed by atoms with Crippen molar-refractivity contribution in [2.45, 2.75) is 25.3 Å². The van der Waals surface area contributed by atoms with Crippen LogP contribution in [0, 0.1) is 5.92 Å². The van der Waals surface area contributed by atoms with Crippen LogP contribution in [0.4, 0.5) is 5.69 Å². The molecule has 0 unspecified atom stereocenters. The van der Waals surface area contributed by atoms with Gasteiger partial charge < -0.3 is 15.5 Å². The zero-order chi connectivity index (χ0) is 23.5. The first-order chi connectivity index (χ1) is 16.6. The zero-order valence-corrected chi connectivity index (χ0v) is 18.7. The van der Waals surface area contributed by atoms with Crippen LogP contribution in [0.15, 0.2) is 73.1 Å². The zero-order valence-electron chi connectivity index (χ0n) is 18.7. The highest BCUT2D eigenvalue weighted by molar-refractivity contribution is 6.05. The average Bonchev–Trinajstić information content (AvgIpc) is 3.23. The fraction of sp³-hybridized carbons (Fsp3) is 0.259. The Hall–Kier alpha value is -4.00. The number of aromatic nitrogens is 1. The number of fused-ring (bicyclic) bond motifs is 1. The molecule has 7 heteroatoms. The summed E-state index contributed by atoms with van der Waals surface area (Å²) in [6, 6.07) is 18.4. The summed E-state index contributed by atoms with van der Waals surface area (Å²) in [6.07, 6.45) is 4.90. The summed E-state index contributed by atoms with van der Waals surface area (Å²) in [5, 5.41) is 5.89. The smallest absolute Gasteiger partial charge is 0.253 e. The summed E-state index contributed by atoms with van der Waals surface area (Å²) in [7, 11) is 0. The van der Waals surface area contributed by atoms with E-state index in [1.165, 1.54) is 0 Å². The van der Waals surface area contributed by atoms with Crippen LogP contribution < -0.4 is 10.6 Å². The monoisotopic (exact) mass is 454 g/mol. The normalized spacial score (nSPS) is 17.7. The molecule has 0 saturated carbocycles. The van der Waals surface area contributed by atoms with E-state index in [0.717, 1.165) is 29.7 Å².